The smallest absolute Gasteiger partial charge is 0.191 e. The second kappa shape index (κ2) is 7.66. The average Bonchev–Trinajstić information content (AvgIpc) is 2.48. The molecule has 0 spiro atoms. The lowest BCUT2D eigenvalue weighted by atomic mass is 10.0. The summed E-state index contributed by atoms with van der Waals surface area (Å²) in [6, 6.07) is 7.67. The van der Waals surface area contributed by atoms with Gasteiger partial charge >= 0.3 is 0 Å². The van der Waals surface area contributed by atoms with E-state index in [2.05, 4.69) is 16.8 Å². The van der Waals surface area contributed by atoms with Crippen molar-refractivity contribution in [3.05, 3.63) is 34.9 Å². The van der Waals surface area contributed by atoms with Gasteiger partial charge in [0.15, 0.2) is 5.96 Å². The van der Waals surface area contributed by atoms with E-state index in [1.165, 1.54) is 12.8 Å². The molecule has 5 heteroatoms. The van der Waals surface area contributed by atoms with E-state index in [0.29, 0.717) is 23.4 Å². The Bertz CT molecular complexity index is 492. The zero-order valence-corrected chi connectivity index (χ0v) is 13.5. The maximum absolute atomic E-state index is 6.12. The molecule has 0 radical (unpaired) electrons. The van der Waals surface area contributed by atoms with Crippen LogP contribution in [0.3, 0.4) is 0 Å². The molecule has 4 nitrogen and oxygen atoms in total. The van der Waals surface area contributed by atoms with Gasteiger partial charge in [-0.25, -0.2) is 0 Å². The van der Waals surface area contributed by atoms with Crippen molar-refractivity contribution in [2.24, 2.45) is 16.6 Å². The summed E-state index contributed by atoms with van der Waals surface area (Å²) in [5, 5.41) is 0.705. The van der Waals surface area contributed by atoms with Gasteiger partial charge < -0.3 is 15.4 Å². The first-order valence-electron chi connectivity index (χ1n) is 7.43. The summed E-state index contributed by atoms with van der Waals surface area (Å²) in [7, 11) is 1.68. The van der Waals surface area contributed by atoms with Crippen LogP contribution < -0.4 is 5.73 Å². The molecule has 1 aromatic rings. The Morgan fingerprint density at radius 1 is 1.57 bits per heavy atom. The lowest BCUT2D eigenvalue weighted by molar-refractivity contribution is 0.110. The molecule has 0 aliphatic carbocycles. The van der Waals surface area contributed by atoms with Gasteiger partial charge in [-0.2, -0.15) is 0 Å². The molecule has 0 saturated carbocycles. The number of aliphatic imine (C=N–C) groups is 1. The number of ether oxygens (including phenoxy) is 1. The fourth-order valence-electron chi connectivity index (χ4n) is 2.70. The van der Waals surface area contributed by atoms with Crippen molar-refractivity contribution in [1.82, 2.24) is 4.90 Å². The number of hydrogen-bond donors (Lipinski definition) is 1. The zero-order chi connectivity index (χ0) is 15.2. The summed E-state index contributed by atoms with van der Waals surface area (Å²) in [5.74, 6) is 1.30. The largest absolute Gasteiger partial charge is 0.375 e. The number of piperidine rings is 1. The molecule has 1 saturated heterocycles. The molecule has 21 heavy (non-hydrogen) atoms. The molecule has 0 aromatic heterocycles. The highest BCUT2D eigenvalue weighted by Crippen LogP contribution is 2.21. The molecule has 1 fully saturated rings. The minimum atomic E-state index is -0.121. The number of hydrogen-bond acceptors (Lipinski definition) is 2. The summed E-state index contributed by atoms with van der Waals surface area (Å²) >= 11 is 6.02. The molecule has 1 aliphatic rings. The predicted octanol–water partition coefficient (Wildman–Crippen LogP) is 3.07. The Hall–Kier alpha value is -1.26. The topological polar surface area (TPSA) is 50.9 Å². The minimum Gasteiger partial charge on any atom is -0.375 e. The molecule has 1 aliphatic heterocycles. The number of halogens is 1. The number of rotatable bonds is 4. The third-order valence-corrected chi connectivity index (χ3v) is 4.14. The Balaban J connectivity index is 1.99. The van der Waals surface area contributed by atoms with Crippen LogP contribution in [0.1, 0.15) is 31.4 Å². The van der Waals surface area contributed by atoms with Crippen molar-refractivity contribution in [3.8, 4) is 0 Å². The van der Waals surface area contributed by atoms with Crippen molar-refractivity contribution in [2.75, 3.05) is 26.7 Å². The standard InChI is InChI=1S/C16H24ClN3O/c1-12-5-4-8-20(11-12)16(18)19-10-15(21-2)13-6-3-7-14(17)9-13/h3,6-7,9,12,15H,4-5,8,10-11H2,1-2H3,(H2,18,19). The van der Waals surface area contributed by atoms with Crippen LogP contribution in [0.5, 0.6) is 0 Å². The van der Waals surface area contributed by atoms with Crippen molar-refractivity contribution < 1.29 is 4.74 Å². The first kappa shape index (κ1) is 16.1. The predicted molar refractivity (Wildman–Crippen MR) is 87.7 cm³/mol. The lowest BCUT2D eigenvalue weighted by Crippen LogP contribution is -2.43. The van der Waals surface area contributed by atoms with Gasteiger partial charge in [-0.15, -0.1) is 0 Å². The lowest BCUT2D eigenvalue weighted by Gasteiger charge is -2.31. The van der Waals surface area contributed by atoms with Gasteiger partial charge in [-0.3, -0.25) is 4.99 Å². The van der Waals surface area contributed by atoms with Gasteiger partial charge in [0.25, 0.3) is 0 Å². The van der Waals surface area contributed by atoms with E-state index in [9.17, 15) is 0 Å². The van der Waals surface area contributed by atoms with Gasteiger partial charge in [0.1, 0.15) is 6.10 Å². The van der Waals surface area contributed by atoms with Crippen LogP contribution in [0.2, 0.25) is 5.02 Å². The van der Waals surface area contributed by atoms with E-state index in [0.717, 1.165) is 18.7 Å². The van der Waals surface area contributed by atoms with E-state index in [1.807, 2.05) is 24.3 Å². The third-order valence-electron chi connectivity index (χ3n) is 3.91. The highest BCUT2D eigenvalue weighted by Gasteiger charge is 2.18. The fourth-order valence-corrected chi connectivity index (χ4v) is 2.90. The number of benzene rings is 1. The third kappa shape index (κ3) is 4.61. The Morgan fingerprint density at radius 3 is 3.05 bits per heavy atom. The second-order valence-corrected chi connectivity index (χ2v) is 6.11. The van der Waals surface area contributed by atoms with Crippen molar-refractivity contribution in [2.45, 2.75) is 25.9 Å². The SMILES string of the molecule is COC(CN=C(N)N1CCCC(C)C1)c1cccc(Cl)c1. The van der Waals surface area contributed by atoms with Gasteiger partial charge in [-0.1, -0.05) is 30.7 Å². The van der Waals surface area contributed by atoms with Crippen LogP contribution in [0, 0.1) is 5.92 Å². The van der Waals surface area contributed by atoms with Crippen LogP contribution in [-0.2, 0) is 4.74 Å². The van der Waals surface area contributed by atoms with Crippen LogP contribution in [0.25, 0.3) is 0 Å². The highest BCUT2D eigenvalue weighted by molar-refractivity contribution is 6.30. The summed E-state index contributed by atoms with van der Waals surface area (Å²) in [5.41, 5.74) is 7.14. The Morgan fingerprint density at radius 2 is 2.38 bits per heavy atom. The summed E-state index contributed by atoms with van der Waals surface area (Å²) in [6.07, 6.45) is 2.33. The fraction of sp³-hybridized carbons (Fsp3) is 0.562. The molecular weight excluding hydrogens is 286 g/mol. The van der Waals surface area contributed by atoms with Crippen molar-refractivity contribution in [1.29, 1.82) is 0 Å². The molecule has 2 N–H and O–H groups in total. The van der Waals surface area contributed by atoms with E-state index < -0.39 is 0 Å². The van der Waals surface area contributed by atoms with Crippen LogP contribution in [-0.4, -0.2) is 37.6 Å². The van der Waals surface area contributed by atoms with Gasteiger partial charge in [-0.05, 0) is 36.5 Å². The first-order valence-corrected chi connectivity index (χ1v) is 7.81. The maximum Gasteiger partial charge on any atom is 0.191 e. The van der Waals surface area contributed by atoms with E-state index in [4.69, 9.17) is 22.1 Å². The Kier molecular flexibility index (Phi) is 5.88. The first-order chi connectivity index (χ1) is 10.1. The molecule has 2 unspecified atom stereocenters. The quantitative estimate of drug-likeness (QED) is 0.687. The molecule has 0 amide bonds. The molecule has 1 heterocycles. The molecule has 1 aromatic carbocycles. The summed E-state index contributed by atoms with van der Waals surface area (Å²) in [6.45, 7) is 4.75. The summed E-state index contributed by atoms with van der Waals surface area (Å²) < 4.78 is 5.51. The van der Waals surface area contributed by atoms with Crippen molar-refractivity contribution in [3.63, 3.8) is 0 Å². The molecule has 2 rings (SSSR count). The van der Waals surface area contributed by atoms with E-state index >= 15 is 0 Å². The molecular formula is C16H24ClN3O. The van der Waals surface area contributed by atoms with Gasteiger partial charge in [0.05, 0.1) is 6.54 Å². The number of guanidine groups is 1. The summed E-state index contributed by atoms with van der Waals surface area (Å²) in [4.78, 5) is 6.68. The number of nitrogens with zero attached hydrogens (tertiary/aromatic N) is 2. The molecule has 2 atom stereocenters. The number of methoxy groups -OCH3 is 1. The highest BCUT2D eigenvalue weighted by atomic mass is 35.5. The monoisotopic (exact) mass is 309 g/mol. The minimum absolute atomic E-state index is 0.121. The Labute approximate surface area is 131 Å². The molecule has 0 bridgehead atoms. The normalized spacial score (nSPS) is 21.4. The van der Waals surface area contributed by atoms with Crippen LogP contribution >= 0.6 is 11.6 Å². The van der Waals surface area contributed by atoms with Gasteiger partial charge in [0, 0.05) is 25.2 Å². The van der Waals surface area contributed by atoms with E-state index in [1.54, 1.807) is 7.11 Å². The second-order valence-electron chi connectivity index (χ2n) is 5.67. The van der Waals surface area contributed by atoms with Gasteiger partial charge in [0.2, 0.25) is 0 Å². The molecule has 116 valence electrons. The average molecular weight is 310 g/mol. The number of likely N-dealkylation sites (tertiary alicyclic amines) is 1. The van der Waals surface area contributed by atoms with E-state index in [-0.39, 0.29) is 6.10 Å². The van der Waals surface area contributed by atoms with Crippen LogP contribution in [0.4, 0.5) is 0 Å². The van der Waals surface area contributed by atoms with Crippen LogP contribution in [0.15, 0.2) is 29.3 Å². The van der Waals surface area contributed by atoms with Crippen molar-refractivity contribution >= 4 is 17.6 Å². The number of nitrogens with two attached hydrogens (primary N) is 1. The zero-order valence-electron chi connectivity index (χ0n) is 12.8. The maximum atomic E-state index is 6.12.